The van der Waals surface area contributed by atoms with Crippen molar-refractivity contribution in [3.8, 4) is 0 Å². The van der Waals surface area contributed by atoms with Gasteiger partial charge in [-0.05, 0) is 35.4 Å². The number of urea groups is 1. The van der Waals surface area contributed by atoms with Crippen molar-refractivity contribution < 1.29 is 31.1 Å². The van der Waals surface area contributed by atoms with E-state index in [1.807, 2.05) is 10.9 Å². The average molecular weight is 402 g/mol. The van der Waals surface area contributed by atoms with Crippen LogP contribution in [0.5, 0.6) is 0 Å². The summed E-state index contributed by atoms with van der Waals surface area (Å²) in [6, 6.07) is 7.59. The molecule has 0 saturated carbocycles. The molecule has 0 unspecified atom stereocenters. The fraction of sp³-hybridized carbons (Fsp3) is 0.118. The van der Waals surface area contributed by atoms with E-state index in [-0.39, 0.29) is 11.1 Å². The van der Waals surface area contributed by atoms with E-state index in [1.54, 1.807) is 0 Å². The second-order valence-corrected chi connectivity index (χ2v) is 5.32. The van der Waals surface area contributed by atoms with E-state index in [2.05, 4.69) is 10.2 Å². The summed E-state index contributed by atoms with van der Waals surface area (Å²) in [5.41, 5.74) is 2.37. The zero-order chi connectivity index (χ0) is 20.8. The number of amides is 2. The van der Waals surface area contributed by atoms with Crippen LogP contribution >= 0.6 is 0 Å². The van der Waals surface area contributed by atoms with Crippen LogP contribution in [0.15, 0.2) is 58.7 Å². The molecule has 0 atom stereocenters. The van der Waals surface area contributed by atoms with Gasteiger partial charge in [0, 0.05) is 0 Å². The Morgan fingerprint density at radius 1 is 0.750 bits per heavy atom. The Balaban J connectivity index is 1.90. The van der Waals surface area contributed by atoms with Crippen molar-refractivity contribution in [3.05, 3.63) is 70.8 Å². The van der Waals surface area contributed by atoms with E-state index in [9.17, 15) is 31.1 Å². The molecule has 0 aliphatic rings. The highest BCUT2D eigenvalue weighted by Crippen LogP contribution is 2.30. The van der Waals surface area contributed by atoms with E-state index in [0.29, 0.717) is 0 Å². The van der Waals surface area contributed by atoms with Crippen LogP contribution in [-0.4, -0.2) is 18.5 Å². The molecule has 2 amide bonds. The molecular weight excluding hydrogens is 390 g/mol. The van der Waals surface area contributed by atoms with Gasteiger partial charge >= 0.3 is 18.4 Å². The minimum atomic E-state index is -4.51. The van der Waals surface area contributed by atoms with Gasteiger partial charge in [0.1, 0.15) is 0 Å². The number of rotatable bonds is 4. The second kappa shape index (κ2) is 8.55. The first-order valence-electron chi connectivity index (χ1n) is 7.52. The van der Waals surface area contributed by atoms with Crippen LogP contribution in [0.4, 0.5) is 31.1 Å². The highest BCUT2D eigenvalue weighted by molar-refractivity contribution is 5.83. The molecule has 0 aromatic heterocycles. The molecule has 2 aromatic rings. The Morgan fingerprint density at radius 3 is 1.50 bits per heavy atom. The Kier molecular flexibility index (Phi) is 6.39. The van der Waals surface area contributed by atoms with E-state index < -0.39 is 29.5 Å². The molecular formula is C17H12F6N4O. The summed E-state index contributed by atoms with van der Waals surface area (Å²) in [5, 5.41) is 6.92. The zero-order valence-electron chi connectivity index (χ0n) is 13.8. The Hall–Kier alpha value is -3.37. The van der Waals surface area contributed by atoms with Crippen LogP contribution in [-0.2, 0) is 12.4 Å². The van der Waals surface area contributed by atoms with Crippen molar-refractivity contribution in [1.82, 2.24) is 10.9 Å². The molecule has 0 aliphatic carbocycles. The molecule has 2 rings (SSSR count). The number of nitrogens with zero attached hydrogens (tertiary/aromatic N) is 2. The largest absolute Gasteiger partial charge is 0.416 e. The lowest BCUT2D eigenvalue weighted by Gasteiger charge is -2.06. The van der Waals surface area contributed by atoms with Crippen molar-refractivity contribution in [3.63, 3.8) is 0 Å². The molecule has 0 fully saturated rings. The summed E-state index contributed by atoms with van der Waals surface area (Å²) in [4.78, 5) is 11.5. The molecule has 0 aliphatic heterocycles. The number of hydrogen-bond donors (Lipinski definition) is 2. The van der Waals surface area contributed by atoms with E-state index in [1.165, 1.54) is 24.3 Å². The molecule has 5 nitrogen and oxygen atoms in total. The molecule has 11 heteroatoms. The van der Waals surface area contributed by atoms with Crippen molar-refractivity contribution in [2.75, 3.05) is 0 Å². The van der Waals surface area contributed by atoms with Gasteiger partial charge in [0.15, 0.2) is 0 Å². The van der Waals surface area contributed by atoms with Gasteiger partial charge in [0.05, 0.1) is 23.6 Å². The van der Waals surface area contributed by atoms with Gasteiger partial charge in [-0.15, -0.1) is 0 Å². The van der Waals surface area contributed by atoms with Crippen LogP contribution in [0.2, 0.25) is 0 Å². The smallest absolute Gasteiger partial charge is 0.245 e. The van der Waals surface area contributed by atoms with Crippen LogP contribution in [0, 0.1) is 0 Å². The monoisotopic (exact) mass is 402 g/mol. The van der Waals surface area contributed by atoms with Crippen LogP contribution in [0.3, 0.4) is 0 Å². The third kappa shape index (κ3) is 6.41. The number of alkyl halides is 6. The zero-order valence-corrected chi connectivity index (χ0v) is 13.8. The standard InChI is InChI=1S/C17H12F6N4O/c18-16(19,20)13-5-1-3-11(7-13)9-24-26-15(28)27-25-10-12-4-2-6-14(8-12)17(21,22)23/h1-10H,(H2,26,27,28)/b24-9+,25-10+. The number of halogens is 6. The van der Waals surface area contributed by atoms with Gasteiger partial charge in [-0.2, -0.15) is 36.5 Å². The summed E-state index contributed by atoms with van der Waals surface area (Å²) >= 11 is 0. The van der Waals surface area contributed by atoms with Gasteiger partial charge in [-0.3, -0.25) is 0 Å². The Morgan fingerprint density at radius 2 is 1.14 bits per heavy atom. The molecule has 0 radical (unpaired) electrons. The van der Waals surface area contributed by atoms with Crippen molar-refractivity contribution in [1.29, 1.82) is 0 Å². The molecule has 0 heterocycles. The lowest BCUT2D eigenvalue weighted by molar-refractivity contribution is -0.138. The van der Waals surface area contributed by atoms with Gasteiger partial charge in [0.2, 0.25) is 0 Å². The molecule has 0 saturated heterocycles. The van der Waals surface area contributed by atoms with Gasteiger partial charge in [-0.1, -0.05) is 24.3 Å². The van der Waals surface area contributed by atoms with E-state index in [4.69, 9.17) is 0 Å². The van der Waals surface area contributed by atoms with Crippen molar-refractivity contribution in [2.24, 2.45) is 10.2 Å². The van der Waals surface area contributed by atoms with Crippen molar-refractivity contribution >= 4 is 18.5 Å². The van der Waals surface area contributed by atoms with Gasteiger partial charge < -0.3 is 0 Å². The quantitative estimate of drug-likeness (QED) is 0.445. The highest BCUT2D eigenvalue weighted by atomic mass is 19.4. The maximum Gasteiger partial charge on any atom is 0.416 e. The Bertz CT molecular complexity index is 818. The maximum absolute atomic E-state index is 12.6. The number of nitrogens with one attached hydrogen (secondary N) is 2. The summed E-state index contributed by atoms with van der Waals surface area (Å²) in [6.45, 7) is 0. The number of carbonyl (C=O) groups excluding carboxylic acids is 1. The number of hydrogen-bond acceptors (Lipinski definition) is 3. The fourth-order valence-electron chi connectivity index (χ4n) is 1.95. The fourth-order valence-corrected chi connectivity index (χ4v) is 1.95. The van der Waals surface area contributed by atoms with E-state index in [0.717, 1.165) is 36.7 Å². The molecule has 2 aromatic carbocycles. The SMILES string of the molecule is O=C(N/N=C/c1cccc(C(F)(F)F)c1)N/N=C/c1cccc(C(F)(F)F)c1. The van der Waals surface area contributed by atoms with Crippen molar-refractivity contribution in [2.45, 2.75) is 12.4 Å². The van der Waals surface area contributed by atoms with Crippen LogP contribution < -0.4 is 10.9 Å². The summed E-state index contributed by atoms with van der Waals surface area (Å²) in [5.74, 6) is 0. The summed E-state index contributed by atoms with van der Waals surface area (Å²) in [7, 11) is 0. The molecule has 148 valence electrons. The average Bonchev–Trinajstić information content (AvgIpc) is 2.61. The van der Waals surface area contributed by atoms with Crippen LogP contribution in [0.25, 0.3) is 0 Å². The molecule has 2 N–H and O–H groups in total. The van der Waals surface area contributed by atoms with Gasteiger partial charge in [0.25, 0.3) is 0 Å². The number of hydrazone groups is 2. The maximum atomic E-state index is 12.6. The molecule has 0 bridgehead atoms. The molecule has 28 heavy (non-hydrogen) atoms. The van der Waals surface area contributed by atoms with E-state index >= 15 is 0 Å². The Labute approximate surface area is 154 Å². The van der Waals surface area contributed by atoms with Crippen LogP contribution in [0.1, 0.15) is 22.3 Å². The minimum Gasteiger partial charge on any atom is -0.245 e. The predicted molar refractivity (Wildman–Crippen MR) is 89.7 cm³/mol. The first-order chi connectivity index (χ1) is 13.1. The minimum absolute atomic E-state index is 0.0996. The lowest BCUT2D eigenvalue weighted by atomic mass is 10.1. The highest BCUT2D eigenvalue weighted by Gasteiger charge is 2.30. The normalized spacial score (nSPS) is 12.5. The number of carbonyl (C=O) groups is 1. The predicted octanol–water partition coefficient (Wildman–Crippen LogP) is 4.39. The second-order valence-electron chi connectivity index (χ2n) is 5.32. The first-order valence-corrected chi connectivity index (χ1v) is 7.52. The third-order valence-electron chi connectivity index (χ3n) is 3.19. The topological polar surface area (TPSA) is 65.8 Å². The summed E-state index contributed by atoms with van der Waals surface area (Å²) < 4.78 is 75.5. The third-order valence-corrected chi connectivity index (χ3v) is 3.19. The molecule has 0 spiro atoms. The first kappa shape index (κ1) is 20.9. The lowest BCUT2D eigenvalue weighted by Crippen LogP contribution is -2.28. The summed E-state index contributed by atoms with van der Waals surface area (Å²) in [6.07, 6.45) is -7.03. The van der Waals surface area contributed by atoms with Gasteiger partial charge in [-0.25, -0.2) is 15.6 Å². The number of benzene rings is 2.